The lowest BCUT2D eigenvalue weighted by Gasteiger charge is -2.08. The number of nitro groups is 1. The van der Waals surface area contributed by atoms with Gasteiger partial charge in [0.05, 0.1) is 16.3 Å². The van der Waals surface area contributed by atoms with Gasteiger partial charge in [0.2, 0.25) is 0 Å². The first-order valence-electron chi connectivity index (χ1n) is 8.60. The van der Waals surface area contributed by atoms with E-state index in [1.807, 2.05) is 12.1 Å². The molecular weight excluding hydrogens is 346 g/mol. The van der Waals surface area contributed by atoms with Crippen LogP contribution in [0.5, 0.6) is 0 Å². The van der Waals surface area contributed by atoms with Crippen molar-refractivity contribution >= 4 is 22.7 Å². The highest BCUT2D eigenvalue weighted by atomic mass is 32.1. The van der Waals surface area contributed by atoms with Crippen molar-refractivity contribution in [3.05, 3.63) is 73.9 Å². The van der Waals surface area contributed by atoms with Crippen molar-refractivity contribution in [3.63, 3.8) is 0 Å². The van der Waals surface area contributed by atoms with Crippen molar-refractivity contribution in [1.29, 1.82) is 0 Å². The monoisotopic (exact) mass is 365 g/mol. The fourth-order valence-electron chi connectivity index (χ4n) is 2.99. The number of nitro benzene ring substituents is 1. The van der Waals surface area contributed by atoms with Gasteiger partial charge in [0, 0.05) is 23.6 Å². The predicted octanol–water partition coefficient (Wildman–Crippen LogP) is 5.31. The molecule has 1 aliphatic rings. The van der Waals surface area contributed by atoms with Crippen LogP contribution in [0.4, 0.5) is 11.4 Å². The summed E-state index contributed by atoms with van der Waals surface area (Å²) in [5.74, 6) is 0. The van der Waals surface area contributed by atoms with Crippen LogP contribution in [-0.2, 0) is 0 Å². The molecule has 1 aliphatic carbocycles. The van der Waals surface area contributed by atoms with Crippen LogP contribution in [0.25, 0.3) is 11.3 Å². The molecule has 0 N–H and O–H groups in total. The van der Waals surface area contributed by atoms with Crippen LogP contribution in [0.3, 0.4) is 0 Å². The maximum atomic E-state index is 10.9. The maximum Gasteiger partial charge on any atom is 0.269 e. The zero-order valence-electron chi connectivity index (χ0n) is 14.7. The van der Waals surface area contributed by atoms with Gasteiger partial charge in [-0.3, -0.25) is 10.1 Å². The number of aryl methyl sites for hydroxylation is 2. The van der Waals surface area contributed by atoms with Gasteiger partial charge in [-0.1, -0.05) is 12.1 Å². The first-order chi connectivity index (χ1) is 12.5. The minimum Gasteiger partial charge on any atom is -0.313 e. The molecule has 5 nitrogen and oxygen atoms in total. The second-order valence-electron chi connectivity index (χ2n) is 6.71. The summed E-state index contributed by atoms with van der Waals surface area (Å²) >= 11 is 1.62. The standard InChI is InChI=1S/C20H19N3O2S/c1-13-3-4-14(2)18(11-13)21-20-22(16-9-10-16)19(12-26-20)15-5-7-17(8-6-15)23(24)25/h3-8,11-12,16H,9-10H2,1-2H3. The van der Waals surface area contributed by atoms with Gasteiger partial charge >= 0.3 is 0 Å². The van der Waals surface area contributed by atoms with Crippen LogP contribution < -0.4 is 4.80 Å². The minimum absolute atomic E-state index is 0.113. The van der Waals surface area contributed by atoms with Crippen molar-refractivity contribution in [2.75, 3.05) is 0 Å². The number of rotatable bonds is 4. The number of aromatic nitrogens is 1. The summed E-state index contributed by atoms with van der Waals surface area (Å²) in [6.07, 6.45) is 2.30. The molecule has 0 bridgehead atoms. The minimum atomic E-state index is -0.367. The molecule has 3 aromatic rings. The third-order valence-electron chi connectivity index (χ3n) is 4.61. The van der Waals surface area contributed by atoms with Crippen LogP contribution in [-0.4, -0.2) is 9.49 Å². The van der Waals surface area contributed by atoms with E-state index >= 15 is 0 Å². The van der Waals surface area contributed by atoms with Crippen LogP contribution in [0.2, 0.25) is 0 Å². The first-order valence-corrected chi connectivity index (χ1v) is 9.48. The number of hydrogen-bond acceptors (Lipinski definition) is 4. The van der Waals surface area contributed by atoms with E-state index in [4.69, 9.17) is 4.99 Å². The topological polar surface area (TPSA) is 60.4 Å². The Hall–Kier alpha value is -2.73. The second-order valence-corrected chi connectivity index (χ2v) is 7.55. The fourth-order valence-corrected chi connectivity index (χ4v) is 3.97. The van der Waals surface area contributed by atoms with E-state index in [9.17, 15) is 10.1 Å². The Labute approximate surface area is 155 Å². The lowest BCUT2D eigenvalue weighted by molar-refractivity contribution is -0.384. The van der Waals surface area contributed by atoms with Crippen molar-refractivity contribution in [1.82, 2.24) is 4.57 Å². The zero-order chi connectivity index (χ0) is 18.3. The molecule has 0 aliphatic heterocycles. The Morgan fingerprint density at radius 1 is 1.15 bits per heavy atom. The summed E-state index contributed by atoms with van der Waals surface area (Å²) in [5, 5.41) is 13.0. The van der Waals surface area contributed by atoms with Gasteiger partial charge in [0.1, 0.15) is 0 Å². The smallest absolute Gasteiger partial charge is 0.269 e. The molecule has 4 rings (SSSR count). The van der Waals surface area contributed by atoms with Gasteiger partial charge in [0.25, 0.3) is 5.69 Å². The van der Waals surface area contributed by atoms with Gasteiger partial charge in [-0.2, -0.15) is 0 Å². The largest absolute Gasteiger partial charge is 0.313 e. The molecule has 0 amide bonds. The second kappa shape index (κ2) is 6.53. The molecule has 0 atom stereocenters. The highest BCUT2D eigenvalue weighted by molar-refractivity contribution is 7.07. The average Bonchev–Trinajstić information content (AvgIpc) is 3.38. The number of non-ortho nitro benzene ring substituents is 1. The van der Waals surface area contributed by atoms with E-state index in [2.05, 4.69) is 42.0 Å². The van der Waals surface area contributed by atoms with Gasteiger partial charge in [-0.15, -0.1) is 11.3 Å². The summed E-state index contributed by atoms with van der Waals surface area (Å²) in [5.41, 5.74) is 5.53. The van der Waals surface area contributed by atoms with Crippen molar-refractivity contribution in [2.24, 2.45) is 4.99 Å². The number of hydrogen-bond donors (Lipinski definition) is 0. The SMILES string of the molecule is Cc1ccc(C)c(N=c2scc(-c3ccc([N+](=O)[O-])cc3)n2C2CC2)c1. The molecule has 1 fully saturated rings. The Morgan fingerprint density at radius 2 is 1.88 bits per heavy atom. The molecule has 2 aromatic carbocycles. The van der Waals surface area contributed by atoms with E-state index in [1.54, 1.807) is 23.5 Å². The van der Waals surface area contributed by atoms with E-state index in [0.29, 0.717) is 6.04 Å². The van der Waals surface area contributed by atoms with Crippen LogP contribution in [0.1, 0.15) is 30.0 Å². The summed E-state index contributed by atoms with van der Waals surface area (Å²) in [7, 11) is 0. The summed E-state index contributed by atoms with van der Waals surface area (Å²) in [6, 6.07) is 13.5. The van der Waals surface area contributed by atoms with Crippen molar-refractivity contribution in [2.45, 2.75) is 32.7 Å². The highest BCUT2D eigenvalue weighted by Gasteiger charge is 2.27. The Morgan fingerprint density at radius 3 is 2.54 bits per heavy atom. The van der Waals surface area contributed by atoms with E-state index in [-0.39, 0.29) is 10.6 Å². The number of nitrogens with zero attached hydrogens (tertiary/aromatic N) is 3. The van der Waals surface area contributed by atoms with Crippen molar-refractivity contribution < 1.29 is 4.92 Å². The predicted molar refractivity (Wildman–Crippen MR) is 104 cm³/mol. The lowest BCUT2D eigenvalue weighted by Crippen LogP contribution is -2.14. The molecule has 6 heteroatoms. The molecule has 1 aromatic heterocycles. The third-order valence-corrected chi connectivity index (χ3v) is 5.45. The molecule has 0 saturated heterocycles. The number of benzene rings is 2. The molecule has 1 saturated carbocycles. The lowest BCUT2D eigenvalue weighted by atomic mass is 10.1. The molecule has 1 heterocycles. The maximum absolute atomic E-state index is 10.9. The molecule has 0 unspecified atom stereocenters. The Kier molecular flexibility index (Phi) is 4.20. The Bertz CT molecular complexity index is 1040. The quantitative estimate of drug-likeness (QED) is 0.465. The summed E-state index contributed by atoms with van der Waals surface area (Å²) < 4.78 is 2.29. The third kappa shape index (κ3) is 3.20. The zero-order valence-corrected chi connectivity index (χ0v) is 15.5. The Balaban J connectivity index is 1.82. The van der Waals surface area contributed by atoms with Gasteiger partial charge in [0.15, 0.2) is 4.80 Å². The number of thiazole rings is 1. The van der Waals surface area contributed by atoms with Crippen LogP contribution in [0, 0.1) is 24.0 Å². The molecule has 132 valence electrons. The summed E-state index contributed by atoms with van der Waals surface area (Å²) in [4.78, 5) is 16.4. The van der Waals surface area contributed by atoms with Crippen LogP contribution in [0.15, 0.2) is 52.8 Å². The van der Waals surface area contributed by atoms with E-state index < -0.39 is 0 Å². The highest BCUT2D eigenvalue weighted by Crippen LogP contribution is 2.38. The van der Waals surface area contributed by atoms with Gasteiger partial charge < -0.3 is 4.57 Å². The average molecular weight is 365 g/mol. The molecule has 0 spiro atoms. The molecular formula is C20H19N3O2S. The van der Waals surface area contributed by atoms with Gasteiger partial charge in [-0.05, 0) is 61.6 Å². The molecule has 0 radical (unpaired) electrons. The normalized spacial score (nSPS) is 14.6. The fraction of sp³-hybridized carbons (Fsp3) is 0.250. The van der Waals surface area contributed by atoms with Crippen LogP contribution >= 0.6 is 11.3 Å². The van der Waals surface area contributed by atoms with Crippen molar-refractivity contribution in [3.8, 4) is 11.3 Å². The summed E-state index contributed by atoms with van der Waals surface area (Å²) in [6.45, 7) is 4.15. The van der Waals surface area contributed by atoms with E-state index in [1.165, 1.54) is 5.56 Å². The first kappa shape index (κ1) is 16.7. The van der Waals surface area contributed by atoms with E-state index in [0.717, 1.165) is 40.2 Å². The van der Waals surface area contributed by atoms with Gasteiger partial charge in [-0.25, -0.2) is 4.99 Å². The molecule has 26 heavy (non-hydrogen) atoms.